The highest BCUT2D eigenvalue weighted by Crippen LogP contribution is 2.15. The molecule has 112 valence electrons. The number of rotatable bonds is 6. The minimum atomic E-state index is 0.179. The number of benzene rings is 1. The summed E-state index contributed by atoms with van der Waals surface area (Å²) in [5.41, 5.74) is 1.01. The molecular weight excluding hydrogens is 284 g/mol. The van der Waals surface area contributed by atoms with Gasteiger partial charge in [-0.3, -0.25) is 0 Å². The molecule has 0 unspecified atom stereocenters. The van der Waals surface area contributed by atoms with E-state index in [2.05, 4.69) is 15.3 Å². The molecule has 0 saturated carbocycles. The molecule has 0 N–H and O–H groups in total. The van der Waals surface area contributed by atoms with E-state index in [4.69, 9.17) is 4.74 Å². The lowest BCUT2D eigenvalue weighted by Crippen LogP contribution is -2.05. The van der Waals surface area contributed by atoms with Gasteiger partial charge in [0.25, 0.3) is 0 Å². The second-order valence-electron chi connectivity index (χ2n) is 4.75. The van der Waals surface area contributed by atoms with Gasteiger partial charge < -0.3 is 4.74 Å². The van der Waals surface area contributed by atoms with Gasteiger partial charge >= 0.3 is 0 Å². The summed E-state index contributed by atoms with van der Waals surface area (Å²) in [6.45, 7) is 6.06. The van der Waals surface area contributed by atoms with Crippen LogP contribution >= 0.6 is 11.8 Å². The Hall–Kier alpha value is -1.82. The summed E-state index contributed by atoms with van der Waals surface area (Å²) in [6, 6.07) is 7.86. The second kappa shape index (κ2) is 7.26. The summed E-state index contributed by atoms with van der Waals surface area (Å²) in [4.78, 5) is 0. The summed E-state index contributed by atoms with van der Waals surface area (Å²) in [5.74, 6) is 1.72. The first kappa shape index (κ1) is 15.6. The average molecular weight is 304 g/mol. The Balaban J connectivity index is 2.15. The molecule has 0 aliphatic heterocycles. The van der Waals surface area contributed by atoms with Crippen LogP contribution in [0.15, 0.2) is 34.5 Å². The van der Waals surface area contributed by atoms with E-state index in [1.165, 1.54) is 11.8 Å². The highest BCUT2D eigenvalue weighted by atomic mass is 32.2. The fourth-order valence-corrected chi connectivity index (χ4v) is 2.24. The van der Waals surface area contributed by atoms with Gasteiger partial charge in [-0.05, 0) is 49.9 Å². The highest BCUT2D eigenvalue weighted by molar-refractivity contribution is 7.98. The number of hydrogen-bond acceptors (Lipinski definition) is 5. The molecule has 0 radical (unpaired) electrons. The van der Waals surface area contributed by atoms with Crippen LogP contribution in [-0.2, 0) is 6.42 Å². The molecule has 21 heavy (non-hydrogen) atoms. The molecule has 1 aromatic carbocycles. The van der Waals surface area contributed by atoms with Crippen molar-refractivity contribution in [1.82, 2.24) is 14.9 Å². The molecule has 0 bridgehead atoms. The van der Waals surface area contributed by atoms with E-state index in [9.17, 15) is 0 Å². The van der Waals surface area contributed by atoms with Crippen LogP contribution in [0.4, 0.5) is 0 Å². The summed E-state index contributed by atoms with van der Waals surface area (Å²) >= 11 is 1.53. The number of hydrogen-bond donors (Lipinski definition) is 0. The highest BCUT2D eigenvalue weighted by Gasteiger charge is 2.07. The van der Waals surface area contributed by atoms with Crippen LogP contribution in [0.3, 0.4) is 0 Å². The van der Waals surface area contributed by atoms with Crippen LogP contribution in [0.1, 0.15) is 32.2 Å². The molecule has 0 spiro atoms. The molecule has 0 atom stereocenters. The first-order valence-electron chi connectivity index (χ1n) is 6.93. The maximum atomic E-state index is 5.62. The van der Waals surface area contributed by atoms with Gasteiger partial charge in [-0.2, -0.15) is 9.78 Å². The van der Waals surface area contributed by atoms with Crippen molar-refractivity contribution in [2.24, 2.45) is 5.10 Å². The SMILES string of the molecule is CCc1nnc(SC)n1/N=C\c1ccc(OC(C)C)cc1. The first-order chi connectivity index (χ1) is 10.1. The van der Waals surface area contributed by atoms with Crippen molar-refractivity contribution >= 4 is 18.0 Å². The van der Waals surface area contributed by atoms with Gasteiger partial charge in [-0.25, -0.2) is 0 Å². The summed E-state index contributed by atoms with van der Waals surface area (Å²) < 4.78 is 7.40. The van der Waals surface area contributed by atoms with Crippen LogP contribution in [0.2, 0.25) is 0 Å². The standard InChI is InChI=1S/C15H20N4OS/c1-5-14-17-18-15(21-4)19(14)16-10-12-6-8-13(9-7-12)20-11(2)3/h6-11H,5H2,1-4H3/b16-10-. The van der Waals surface area contributed by atoms with Crippen molar-refractivity contribution in [1.29, 1.82) is 0 Å². The van der Waals surface area contributed by atoms with Crippen LogP contribution in [-0.4, -0.2) is 33.4 Å². The van der Waals surface area contributed by atoms with Crippen LogP contribution < -0.4 is 4.74 Å². The van der Waals surface area contributed by atoms with Crippen LogP contribution in [0.5, 0.6) is 5.75 Å². The molecule has 0 fully saturated rings. The van der Waals surface area contributed by atoms with E-state index in [1.807, 2.05) is 51.3 Å². The third-order valence-electron chi connectivity index (χ3n) is 2.75. The molecule has 1 heterocycles. The van der Waals surface area contributed by atoms with Gasteiger partial charge in [0.1, 0.15) is 5.75 Å². The van der Waals surface area contributed by atoms with Crippen molar-refractivity contribution < 1.29 is 4.74 Å². The zero-order chi connectivity index (χ0) is 15.2. The number of thioether (sulfide) groups is 1. The Morgan fingerprint density at radius 3 is 2.57 bits per heavy atom. The Morgan fingerprint density at radius 1 is 1.29 bits per heavy atom. The van der Waals surface area contributed by atoms with Crippen molar-refractivity contribution in [3.05, 3.63) is 35.7 Å². The Labute approximate surface area is 129 Å². The van der Waals surface area contributed by atoms with Crippen LogP contribution in [0, 0.1) is 0 Å². The van der Waals surface area contributed by atoms with Gasteiger partial charge in [0.15, 0.2) is 5.82 Å². The Kier molecular flexibility index (Phi) is 5.38. The second-order valence-corrected chi connectivity index (χ2v) is 5.52. The number of aryl methyl sites for hydroxylation is 1. The third-order valence-corrected chi connectivity index (χ3v) is 3.37. The molecule has 2 rings (SSSR count). The monoisotopic (exact) mass is 304 g/mol. The summed E-state index contributed by atoms with van der Waals surface area (Å²) in [6.07, 6.45) is 4.75. The van der Waals surface area contributed by atoms with Crippen molar-refractivity contribution in [2.45, 2.75) is 38.5 Å². The topological polar surface area (TPSA) is 52.3 Å². The van der Waals surface area contributed by atoms with Gasteiger partial charge in [0.2, 0.25) is 5.16 Å². The lowest BCUT2D eigenvalue weighted by atomic mass is 10.2. The average Bonchev–Trinajstić information content (AvgIpc) is 2.88. The lowest BCUT2D eigenvalue weighted by molar-refractivity contribution is 0.242. The normalized spacial score (nSPS) is 11.5. The largest absolute Gasteiger partial charge is 0.491 e. The van der Waals surface area contributed by atoms with Gasteiger partial charge in [-0.1, -0.05) is 18.7 Å². The molecular formula is C15H20N4OS. The summed E-state index contributed by atoms with van der Waals surface area (Å²) in [7, 11) is 0. The molecule has 0 aliphatic carbocycles. The number of nitrogens with zero attached hydrogens (tertiary/aromatic N) is 4. The molecule has 1 aromatic heterocycles. The Bertz CT molecular complexity index is 583. The molecule has 6 heteroatoms. The predicted octanol–water partition coefficient (Wildman–Crippen LogP) is 3.23. The zero-order valence-electron chi connectivity index (χ0n) is 12.8. The molecule has 2 aromatic rings. The predicted molar refractivity (Wildman–Crippen MR) is 86.4 cm³/mol. The van der Waals surface area contributed by atoms with Gasteiger partial charge in [0, 0.05) is 6.42 Å². The van der Waals surface area contributed by atoms with Crippen molar-refractivity contribution in [2.75, 3.05) is 6.26 Å². The zero-order valence-corrected chi connectivity index (χ0v) is 13.6. The van der Waals surface area contributed by atoms with Crippen molar-refractivity contribution in [3.8, 4) is 5.75 Å². The van der Waals surface area contributed by atoms with Crippen LogP contribution in [0.25, 0.3) is 0 Å². The fourth-order valence-electron chi connectivity index (χ4n) is 1.79. The maximum Gasteiger partial charge on any atom is 0.211 e. The number of ether oxygens (including phenoxy) is 1. The Morgan fingerprint density at radius 2 is 2.00 bits per heavy atom. The van der Waals surface area contributed by atoms with E-state index in [0.717, 1.165) is 28.7 Å². The molecule has 0 amide bonds. The van der Waals surface area contributed by atoms with E-state index < -0.39 is 0 Å². The molecule has 0 aliphatic rings. The molecule has 0 saturated heterocycles. The maximum absolute atomic E-state index is 5.62. The van der Waals surface area contributed by atoms with Crippen molar-refractivity contribution in [3.63, 3.8) is 0 Å². The molecule has 5 nitrogen and oxygen atoms in total. The lowest BCUT2D eigenvalue weighted by Gasteiger charge is -2.09. The quantitative estimate of drug-likeness (QED) is 0.607. The van der Waals surface area contributed by atoms with Gasteiger partial charge in [0.05, 0.1) is 12.3 Å². The first-order valence-corrected chi connectivity index (χ1v) is 8.15. The van der Waals surface area contributed by atoms with E-state index >= 15 is 0 Å². The minimum Gasteiger partial charge on any atom is -0.491 e. The smallest absolute Gasteiger partial charge is 0.211 e. The van der Waals surface area contributed by atoms with Gasteiger partial charge in [-0.15, -0.1) is 10.2 Å². The fraction of sp³-hybridized carbons (Fsp3) is 0.400. The van der Waals surface area contributed by atoms with E-state index in [-0.39, 0.29) is 6.10 Å². The third kappa shape index (κ3) is 4.07. The number of aromatic nitrogens is 3. The summed E-state index contributed by atoms with van der Waals surface area (Å²) in [5, 5.41) is 13.5. The minimum absolute atomic E-state index is 0.179. The van der Waals surface area contributed by atoms with E-state index in [1.54, 1.807) is 10.9 Å². The van der Waals surface area contributed by atoms with E-state index in [0.29, 0.717) is 0 Å².